The first-order chi connectivity index (χ1) is 13.6. The van der Waals surface area contributed by atoms with Crippen LogP contribution in [0.1, 0.15) is 27.0 Å². The van der Waals surface area contributed by atoms with E-state index in [1.165, 1.54) is 16.9 Å². The van der Waals surface area contributed by atoms with Gasteiger partial charge in [-0.2, -0.15) is 0 Å². The number of hydrogen-bond donors (Lipinski definition) is 1. The summed E-state index contributed by atoms with van der Waals surface area (Å²) in [5.74, 6) is -0.0891. The van der Waals surface area contributed by atoms with Crippen LogP contribution in [0.2, 0.25) is 0 Å². The Kier molecular flexibility index (Phi) is 5.40. The molecule has 2 heterocycles. The molecular formula is C20H17N3O3S2. The molecule has 1 N–H and O–H groups in total. The number of esters is 1. The van der Waals surface area contributed by atoms with Gasteiger partial charge in [0.25, 0.3) is 5.91 Å². The normalized spacial score (nSPS) is 15.6. The van der Waals surface area contributed by atoms with Gasteiger partial charge in [0.2, 0.25) is 5.13 Å². The van der Waals surface area contributed by atoms with E-state index in [4.69, 9.17) is 4.74 Å². The molecule has 0 aliphatic carbocycles. The minimum absolute atomic E-state index is 0.350. The highest BCUT2D eigenvalue weighted by atomic mass is 32.2. The first-order valence-corrected chi connectivity index (χ1v) is 10.5. The highest BCUT2D eigenvalue weighted by Crippen LogP contribution is 2.29. The third-order valence-electron chi connectivity index (χ3n) is 4.27. The van der Waals surface area contributed by atoms with Crippen LogP contribution >= 0.6 is 23.1 Å². The van der Waals surface area contributed by atoms with E-state index in [2.05, 4.69) is 15.5 Å². The van der Waals surface area contributed by atoms with Gasteiger partial charge in [-0.3, -0.25) is 10.1 Å². The summed E-state index contributed by atoms with van der Waals surface area (Å²) in [5, 5.41) is 11.2. The molecule has 1 aromatic heterocycles. The summed E-state index contributed by atoms with van der Waals surface area (Å²) < 4.78 is 6.06. The van der Waals surface area contributed by atoms with Crippen LogP contribution in [-0.4, -0.2) is 28.2 Å². The van der Waals surface area contributed by atoms with Crippen LogP contribution in [0, 0.1) is 6.92 Å². The molecule has 1 aliphatic heterocycles. The molecular weight excluding hydrogens is 394 g/mol. The monoisotopic (exact) mass is 411 g/mol. The standard InChI is InChI=1S/C20H17N3O3S2/c1-12-7-8-15-14(9-12)10-16(26-18(15)25)17(24)21-19-22-23-20(28-19)27-11-13-5-3-2-4-6-13/h2-9,16H,10-11H2,1H3,(H,21,22,24). The Morgan fingerprint density at radius 1 is 1.25 bits per heavy atom. The second kappa shape index (κ2) is 8.12. The molecule has 0 fully saturated rings. The summed E-state index contributed by atoms with van der Waals surface area (Å²) in [6.07, 6.45) is -0.519. The van der Waals surface area contributed by atoms with Crippen molar-refractivity contribution in [2.75, 3.05) is 5.32 Å². The maximum Gasteiger partial charge on any atom is 0.339 e. The molecule has 6 nitrogen and oxygen atoms in total. The van der Waals surface area contributed by atoms with Gasteiger partial charge in [-0.05, 0) is 24.1 Å². The number of rotatable bonds is 5. The zero-order chi connectivity index (χ0) is 19.5. The van der Waals surface area contributed by atoms with Crippen LogP contribution in [0.15, 0.2) is 52.9 Å². The van der Waals surface area contributed by atoms with Gasteiger partial charge in [0.1, 0.15) is 0 Å². The zero-order valence-electron chi connectivity index (χ0n) is 15.0. The van der Waals surface area contributed by atoms with Gasteiger partial charge >= 0.3 is 5.97 Å². The number of amides is 1. The first-order valence-electron chi connectivity index (χ1n) is 8.70. The molecule has 142 valence electrons. The minimum atomic E-state index is -0.869. The van der Waals surface area contributed by atoms with E-state index in [0.29, 0.717) is 17.1 Å². The predicted octanol–water partition coefficient (Wildman–Crippen LogP) is 3.86. The summed E-state index contributed by atoms with van der Waals surface area (Å²) in [6, 6.07) is 15.6. The molecule has 8 heteroatoms. The number of fused-ring (bicyclic) bond motifs is 1. The second-order valence-corrected chi connectivity index (χ2v) is 8.60. The number of carbonyl (C=O) groups excluding carboxylic acids is 2. The Morgan fingerprint density at radius 2 is 2.07 bits per heavy atom. The number of aryl methyl sites for hydroxylation is 1. The summed E-state index contributed by atoms with van der Waals surface area (Å²) in [4.78, 5) is 24.7. The molecule has 0 bridgehead atoms. The first kappa shape index (κ1) is 18.6. The Morgan fingerprint density at radius 3 is 2.89 bits per heavy atom. The predicted molar refractivity (Wildman–Crippen MR) is 109 cm³/mol. The van der Waals surface area contributed by atoms with Crippen molar-refractivity contribution in [1.29, 1.82) is 0 Å². The van der Waals surface area contributed by atoms with Crippen LogP contribution in [-0.2, 0) is 21.7 Å². The number of thioether (sulfide) groups is 1. The van der Waals surface area contributed by atoms with Gasteiger partial charge in [0.05, 0.1) is 5.56 Å². The minimum Gasteiger partial charge on any atom is -0.448 e. The molecule has 3 aromatic rings. The van der Waals surface area contributed by atoms with Crippen molar-refractivity contribution in [2.24, 2.45) is 0 Å². The fraction of sp³-hybridized carbons (Fsp3) is 0.200. The van der Waals surface area contributed by atoms with Gasteiger partial charge in [0, 0.05) is 12.2 Å². The van der Waals surface area contributed by atoms with Crippen LogP contribution in [0.4, 0.5) is 5.13 Å². The van der Waals surface area contributed by atoms with Crippen molar-refractivity contribution in [3.63, 3.8) is 0 Å². The van der Waals surface area contributed by atoms with E-state index in [1.807, 2.05) is 49.4 Å². The Bertz CT molecular complexity index is 1020. The molecule has 0 saturated carbocycles. The van der Waals surface area contributed by atoms with Crippen molar-refractivity contribution in [2.45, 2.75) is 29.5 Å². The molecule has 2 aromatic carbocycles. The third-order valence-corrected chi connectivity index (χ3v) is 6.31. The molecule has 0 radical (unpaired) electrons. The number of nitrogens with zero attached hydrogens (tertiary/aromatic N) is 2. The summed E-state index contributed by atoms with van der Waals surface area (Å²) in [7, 11) is 0. The van der Waals surface area contributed by atoms with Gasteiger partial charge < -0.3 is 4.74 Å². The molecule has 4 rings (SSSR count). The van der Waals surface area contributed by atoms with Crippen LogP contribution in [0.25, 0.3) is 0 Å². The fourth-order valence-corrected chi connectivity index (χ4v) is 4.61. The van der Waals surface area contributed by atoms with E-state index < -0.39 is 18.0 Å². The number of carbonyl (C=O) groups is 2. The molecule has 1 atom stereocenters. The van der Waals surface area contributed by atoms with Crippen molar-refractivity contribution in [3.05, 3.63) is 70.8 Å². The number of hydrogen-bond acceptors (Lipinski definition) is 7. The van der Waals surface area contributed by atoms with Crippen molar-refractivity contribution >= 4 is 40.1 Å². The SMILES string of the molecule is Cc1ccc2c(c1)CC(C(=O)Nc1nnc(SCc3ccccc3)s1)OC2=O. The fourth-order valence-electron chi connectivity index (χ4n) is 2.89. The summed E-state index contributed by atoms with van der Waals surface area (Å²) in [5.41, 5.74) is 3.58. The Labute approximate surface area is 170 Å². The van der Waals surface area contributed by atoms with E-state index in [9.17, 15) is 9.59 Å². The van der Waals surface area contributed by atoms with Gasteiger partial charge in [-0.15, -0.1) is 10.2 Å². The van der Waals surface area contributed by atoms with Crippen molar-refractivity contribution < 1.29 is 14.3 Å². The summed E-state index contributed by atoms with van der Waals surface area (Å²) >= 11 is 2.86. The van der Waals surface area contributed by atoms with Gasteiger partial charge in [0.15, 0.2) is 10.4 Å². The Hall–Kier alpha value is -2.71. The lowest BCUT2D eigenvalue weighted by atomic mass is 9.96. The van der Waals surface area contributed by atoms with Gasteiger partial charge in [-0.25, -0.2) is 4.79 Å². The molecule has 0 saturated heterocycles. The maximum absolute atomic E-state index is 12.5. The molecule has 28 heavy (non-hydrogen) atoms. The molecule has 0 spiro atoms. The van der Waals surface area contributed by atoms with Crippen molar-refractivity contribution in [3.8, 4) is 0 Å². The Balaban J connectivity index is 1.38. The summed E-state index contributed by atoms with van der Waals surface area (Å²) in [6.45, 7) is 1.95. The number of cyclic esters (lactones) is 1. The third kappa shape index (κ3) is 4.23. The quantitative estimate of drug-likeness (QED) is 0.390. The smallest absolute Gasteiger partial charge is 0.339 e. The highest BCUT2D eigenvalue weighted by Gasteiger charge is 2.31. The van der Waals surface area contributed by atoms with E-state index in [1.54, 1.807) is 17.8 Å². The number of anilines is 1. The largest absolute Gasteiger partial charge is 0.448 e. The number of benzene rings is 2. The zero-order valence-corrected chi connectivity index (χ0v) is 16.7. The topological polar surface area (TPSA) is 81.2 Å². The lowest BCUT2D eigenvalue weighted by Crippen LogP contribution is -2.38. The number of aromatic nitrogens is 2. The molecule has 1 unspecified atom stereocenters. The number of nitrogens with one attached hydrogen (secondary N) is 1. The lowest BCUT2D eigenvalue weighted by Gasteiger charge is -2.23. The van der Waals surface area contributed by atoms with E-state index >= 15 is 0 Å². The average Bonchev–Trinajstić information content (AvgIpc) is 3.14. The molecule has 1 amide bonds. The second-order valence-electron chi connectivity index (χ2n) is 6.40. The average molecular weight is 412 g/mol. The van der Waals surface area contributed by atoms with Gasteiger partial charge in [-0.1, -0.05) is 71.1 Å². The highest BCUT2D eigenvalue weighted by molar-refractivity contribution is 8.00. The van der Waals surface area contributed by atoms with E-state index in [0.717, 1.165) is 21.2 Å². The van der Waals surface area contributed by atoms with Crippen LogP contribution in [0.5, 0.6) is 0 Å². The number of ether oxygens (including phenoxy) is 1. The maximum atomic E-state index is 12.5. The van der Waals surface area contributed by atoms with E-state index in [-0.39, 0.29) is 0 Å². The van der Waals surface area contributed by atoms with Crippen LogP contribution in [0.3, 0.4) is 0 Å². The molecule has 1 aliphatic rings. The lowest BCUT2D eigenvalue weighted by molar-refractivity contribution is -0.125. The van der Waals surface area contributed by atoms with Crippen molar-refractivity contribution in [1.82, 2.24) is 10.2 Å². The van der Waals surface area contributed by atoms with Crippen LogP contribution < -0.4 is 5.32 Å².